The number of fused-ring (bicyclic) bond motifs is 2. The molecular weight excluding hydrogens is 400 g/mol. The predicted octanol–water partition coefficient (Wildman–Crippen LogP) is 5.14. The van der Waals surface area contributed by atoms with Crippen LogP contribution in [0.1, 0.15) is 5.56 Å². The van der Waals surface area contributed by atoms with E-state index in [4.69, 9.17) is 9.72 Å². The van der Waals surface area contributed by atoms with E-state index in [1.165, 1.54) is 0 Å². The van der Waals surface area contributed by atoms with Crippen molar-refractivity contribution in [2.24, 2.45) is 0 Å². The molecule has 0 aliphatic heterocycles. The number of pyridine rings is 3. The zero-order chi connectivity index (χ0) is 21.3. The summed E-state index contributed by atoms with van der Waals surface area (Å²) in [6.45, 7) is 0.485. The number of aromatic nitrogens is 6. The topological polar surface area (TPSA) is 92.4 Å². The Morgan fingerprint density at radius 2 is 1.84 bits per heavy atom. The van der Waals surface area contributed by atoms with Gasteiger partial charge in [0.05, 0.1) is 23.1 Å². The Labute approximate surface area is 183 Å². The van der Waals surface area contributed by atoms with E-state index >= 15 is 0 Å². The van der Waals surface area contributed by atoms with Gasteiger partial charge < -0.3 is 9.72 Å². The lowest BCUT2D eigenvalue weighted by Gasteiger charge is -2.08. The Morgan fingerprint density at radius 1 is 0.906 bits per heavy atom. The van der Waals surface area contributed by atoms with E-state index in [0.29, 0.717) is 12.4 Å². The summed E-state index contributed by atoms with van der Waals surface area (Å²) >= 11 is 0. The van der Waals surface area contributed by atoms with Gasteiger partial charge in [-0.15, -0.1) is 0 Å². The number of nitrogens with one attached hydrogen (secondary N) is 2. The monoisotopic (exact) mass is 418 g/mol. The maximum atomic E-state index is 5.93. The standard InChI is InChI=1S/C25H18N6O/c1-2-5-16(6-3-1)15-32-19-11-18(13-26-14-19)20-8-9-21-23(28-20)24(31-30-21)22-12-17-7-4-10-27-25(17)29-22/h1-14H,15H2,(H,27,29)(H,30,31). The molecule has 0 aliphatic rings. The van der Waals surface area contributed by atoms with E-state index in [2.05, 4.69) is 25.1 Å². The molecule has 6 rings (SSSR count). The lowest BCUT2D eigenvalue weighted by atomic mass is 10.1. The Balaban J connectivity index is 1.34. The summed E-state index contributed by atoms with van der Waals surface area (Å²) in [6.07, 6.45) is 5.27. The third-order valence-electron chi connectivity index (χ3n) is 5.31. The van der Waals surface area contributed by atoms with E-state index in [1.807, 2.05) is 66.7 Å². The first-order chi connectivity index (χ1) is 15.8. The van der Waals surface area contributed by atoms with Crippen LogP contribution in [-0.2, 0) is 6.61 Å². The van der Waals surface area contributed by atoms with Crippen LogP contribution in [0.3, 0.4) is 0 Å². The average molecular weight is 418 g/mol. The molecule has 2 N–H and O–H groups in total. The number of hydrogen-bond acceptors (Lipinski definition) is 5. The lowest BCUT2D eigenvalue weighted by Crippen LogP contribution is -1.96. The minimum Gasteiger partial charge on any atom is -0.487 e. The van der Waals surface area contributed by atoms with E-state index in [-0.39, 0.29) is 0 Å². The van der Waals surface area contributed by atoms with E-state index in [0.717, 1.165) is 50.3 Å². The van der Waals surface area contributed by atoms with Gasteiger partial charge in [-0.2, -0.15) is 5.10 Å². The number of benzene rings is 1. The number of ether oxygens (including phenoxy) is 1. The molecule has 0 bridgehead atoms. The minimum atomic E-state index is 0.485. The zero-order valence-electron chi connectivity index (χ0n) is 17.0. The molecule has 32 heavy (non-hydrogen) atoms. The molecule has 6 aromatic rings. The molecule has 0 saturated heterocycles. The van der Waals surface area contributed by atoms with Crippen molar-refractivity contribution in [3.8, 4) is 28.4 Å². The maximum absolute atomic E-state index is 5.93. The van der Waals surface area contributed by atoms with Crippen LogP contribution in [0.2, 0.25) is 0 Å². The number of hydrogen-bond donors (Lipinski definition) is 2. The Bertz CT molecular complexity index is 1500. The highest BCUT2D eigenvalue weighted by Gasteiger charge is 2.14. The van der Waals surface area contributed by atoms with Crippen molar-refractivity contribution >= 4 is 22.1 Å². The molecule has 0 aliphatic carbocycles. The third-order valence-corrected chi connectivity index (χ3v) is 5.31. The Hall–Kier alpha value is -4.52. The number of rotatable bonds is 5. The van der Waals surface area contributed by atoms with Crippen LogP contribution in [-0.4, -0.2) is 30.1 Å². The molecule has 5 aromatic heterocycles. The van der Waals surface area contributed by atoms with Crippen molar-refractivity contribution in [2.45, 2.75) is 6.61 Å². The highest BCUT2D eigenvalue weighted by atomic mass is 16.5. The van der Waals surface area contributed by atoms with E-state index < -0.39 is 0 Å². The lowest BCUT2D eigenvalue weighted by molar-refractivity contribution is 0.305. The highest BCUT2D eigenvalue weighted by Crippen LogP contribution is 2.29. The molecule has 5 heterocycles. The summed E-state index contributed by atoms with van der Waals surface area (Å²) in [4.78, 5) is 16.9. The smallest absolute Gasteiger partial charge is 0.138 e. The number of nitrogens with zero attached hydrogens (tertiary/aromatic N) is 4. The normalized spacial score (nSPS) is 11.2. The molecule has 0 fully saturated rings. The van der Waals surface area contributed by atoms with Crippen molar-refractivity contribution in [2.75, 3.05) is 0 Å². The van der Waals surface area contributed by atoms with Gasteiger partial charge in [-0.05, 0) is 42.0 Å². The van der Waals surface area contributed by atoms with Crippen LogP contribution in [0.25, 0.3) is 44.7 Å². The second-order valence-electron chi connectivity index (χ2n) is 7.47. The van der Waals surface area contributed by atoms with Gasteiger partial charge in [0.2, 0.25) is 0 Å². The van der Waals surface area contributed by atoms with Gasteiger partial charge in [-0.1, -0.05) is 30.3 Å². The molecule has 0 amide bonds. The largest absolute Gasteiger partial charge is 0.487 e. The first-order valence-electron chi connectivity index (χ1n) is 10.2. The minimum absolute atomic E-state index is 0.485. The molecule has 0 radical (unpaired) electrons. The fourth-order valence-corrected chi connectivity index (χ4v) is 3.71. The van der Waals surface area contributed by atoms with Crippen LogP contribution in [0.15, 0.2) is 85.3 Å². The van der Waals surface area contributed by atoms with Crippen molar-refractivity contribution < 1.29 is 4.74 Å². The molecule has 154 valence electrons. The van der Waals surface area contributed by atoms with Gasteiger partial charge in [0, 0.05) is 23.3 Å². The molecule has 1 aromatic carbocycles. The van der Waals surface area contributed by atoms with E-state index in [9.17, 15) is 0 Å². The molecule has 0 atom stereocenters. The van der Waals surface area contributed by atoms with Crippen LogP contribution in [0, 0.1) is 0 Å². The van der Waals surface area contributed by atoms with Crippen LogP contribution in [0.5, 0.6) is 5.75 Å². The molecular formula is C25H18N6O. The molecule has 7 heteroatoms. The second-order valence-corrected chi connectivity index (χ2v) is 7.47. The van der Waals surface area contributed by atoms with Crippen molar-refractivity contribution in [1.82, 2.24) is 30.1 Å². The van der Waals surface area contributed by atoms with Crippen molar-refractivity contribution in [1.29, 1.82) is 0 Å². The Morgan fingerprint density at radius 3 is 2.75 bits per heavy atom. The van der Waals surface area contributed by atoms with Gasteiger partial charge in [-0.25, -0.2) is 9.97 Å². The summed E-state index contributed by atoms with van der Waals surface area (Å²) in [7, 11) is 0. The summed E-state index contributed by atoms with van der Waals surface area (Å²) in [6, 6.07) is 21.9. The molecule has 0 unspecified atom stereocenters. The average Bonchev–Trinajstić information content (AvgIpc) is 3.47. The zero-order valence-corrected chi connectivity index (χ0v) is 17.0. The van der Waals surface area contributed by atoms with E-state index in [1.54, 1.807) is 18.6 Å². The fourth-order valence-electron chi connectivity index (χ4n) is 3.71. The van der Waals surface area contributed by atoms with Crippen LogP contribution < -0.4 is 4.74 Å². The summed E-state index contributed by atoms with van der Waals surface area (Å²) in [5.41, 5.74) is 6.87. The molecule has 0 spiro atoms. The van der Waals surface area contributed by atoms with Gasteiger partial charge in [0.1, 0.15) is 29.2 Å². The third kappa shape index (κ3) is 3.35. The first kappa shape index (κ1) is 18.3. The van der Waals surface area contributed by atoms with Gasteiger partial charge >= 0.3 is 0 Å². The summed E-state index contributed by atoms with van der Waals surface area (Å²) in [5, 5.41) is 8.59. The van der Waals surface area contributed by atoms with Crippen LogP contribution in [0.4, 0.5) is 0 Å². The predicted molar refractivity (Wildman–Crippen MR) is 123 cm³/mol. The maximum Gasteiger partial charge on any atom is 0.138 e. The van der Waals surface area contributed by atoms with Crippen LogP contribution >= 0.6 is 0 Å². The summed E-state index contributed by atoms with van der Waals surface area (Å²) in [5.74, 6) is 0.697. The van der Waals surface area contributed by atoms with Crippen molar-refractivity contribution in [3.63, 3.8) is 0 Å². The second kappa shape index (κ2) is 7.63. The highest BCUT2D eigenvalue weighted by molar-refractivity contribution is 5.93. The quantitative estimate of drug-likeness (QED) is 0.404. The van der Waals surface area contributed by atoms with Gasteiger partial charge in [0.25, 0.3) is 0 Å². The Kier molecular flexibility index (Phi) is 4.35. The fraction of sp³-hybridized carbons (Fsp3) is 0.0400. The van der Waals surface area contributed by atoms with Gasteiger partial charge in [-0.3, -0.25) is 10.1 Å². The molecule has 7 nitrogen and oxygen atoms in total. The number of H-pyrrole nitrogens is 2. The summed E-state index contributed by atoms with van der Waals surface area (Å²) < 4.78 is 5.93. The first-order valence-corrected chi connectivity index (χ1v) is 10.2. The van der Waals surface area contributed by atoms with Crippen molar-refractivity contribution in [3.05, 3.63) is 90.9 Å². The SMILES string of the molecule is c1ccc(COc2cncc(-c3ccc4[nH]nc(-c5cc6cccnc6[nH]5)c4n3)c2)cc1. The molecule has 0 saturated carbocycles. The van der Waals surface area contributed by atoms with Gasteiger partial charge in [0.15, 0.2) is 0 Å². The number of aromatic amines is 2.